The van der Waals surface area contributed by atoms with Crippen molar-refractivity contribution in [3.05, 3.63) is 46.6 Å². The third kappa shape index (κ3) is 5.45. The van der Waals surface area contributed by atoms with E-state index in [0.717, 1.165) is 36.0 Å². The second-order valence-corrected chi connectivity index (χ2v) is 12.9. The van der Waals surface area contributed by atoms with Gasteiger partial charge in [0.25, 0.3) is 0 Å². The Labute approximate surface area is 223 Å². The van der Waals surface area contributed by atoms with Gasteiger partial charge in [-0.1, -0.05) is 50.6 Å². The summed E-state index contributed by atoms with van der Waals surface area (Å²) in [7, 11) is 0. The van der Waals surface area contributed by atoms with E-state index in [0.29, 0.717) is 19.3 Å². The van der Waals surface area contributed by atoms with Gasteiger partial charge in [0, 0.05) is 36.2 Å². The van der Waals surface area contributed by atoms with Crippen molar-refractivity contribution < 1.29 is 24.5 Å². The summed E-state index contributed by atoms with van der Waals surface area (Å²) in [6.45, 7) is 16.0. The van der Waals surface area contributed by atoms with Crippen LogP contribution in [0.2, 0.25) is 0 Å². The molecule has 3 aliphatic carbocycles. The highest BCUT2D eigenvalue weighted by Crippen LogP contribution is 2.69. The molecule has 5 heteroatoms. The van der Waals surface area contributed by atoms with Gasteiger partial charge in [0.15, 0.2) is 5.78 Å². The molecule has 0 aromatic carbocycles. The highest BCUT2D eigenvalue weighted by molar-refractivity contribution is 6.00. The van der Waals surface area contributed by atoms with Gasteiger partial charge in [0.2, 0.25) is 0 Å². The summed E-state index contributed by atoms with van der Waals surface area (Å²) in [4.78, 5) is 25.1. The van der Waals surface area contributed by atoms with Crippen LogP contribution >= 0.6 is 0 Å². The summed E-state index contributed by atoms with van der Waals surface area (Å²) in [5.74, 6) is 0.335. The van der Waals surface area contributed by atoms with Crippen molar-refractivity contribution in [1.29, 1.82) is 0 Å². The second-order valence-electron chi connectivity index (χ2n) is 12.9. The maximum atomic E-state index is 13.5. The number of Topliss-reactive ketones (excluding diaryl/α,β-unsaturated/α-hetero) is 1. The number of allylic oxidation sites excluding steroid dienone is 6. The van der Waals surface area contributed by atoms with Crippen LogP contribution in [0.1, 0.15) is 93.9 Å². The number of esters is 1. The SMILES string of the molecule is CC(=O)O[C@@H](CC=C(C)C)C(C)=CC=C/C(C)=C1\C(=O)C[C@H]2[C@@]3(C)CC[C@@H](O)[C@](C)(CO)[C@@H]3CC[C@]12C. The van der Waals surface area contributed by atoms with E-state index in [1.54, 1.807) is 0 Å². The Hall–Kier alpha value is -1.98. The number of aliphatic hydroxyl groups excluding tert-OH is 2. The molecule has 2 N–H and O–H groups in total. The maximum Gasteiger partial charge on any atom is 0.303 e. The summed E-state index contributed by atoms with van der Waals surface area (Å²) in [5.41, 5.74) is 3.25. The molecule has 0 aromatic heterocycles. The number of fused-ring (bicyclic) bond motifs is 3. The number of carbonyl (C=O) groups excluding carboxylic acids is 2. The van der Waals surface area contributed by atoms with Gasteiger partial charge < -0.3 is 14.9 Å². The van der Waals surface area contributed by atoms with Gasteiger partial charge in [0.05, 0.1) is 12.7 Å². The predicted octanol–water partition coefficient (Wildman–Crippen LogP) is 6.26. The lowest BCUT2D eigenvalue weighted by molar-refractivity contribution is -0.178. The lowest BCUT2D eigenvalue weighted by Gasteiger charge is -2.62. The molecule has 0 aromatic rings. The molecule has 0 saturated heterocycles. The van der Waals surface area contributed by atoms with Crippen LogP contribution in [0, 0.1) is 28.1 Å². The molecular formula is C32H48O5. The summed E-state index contributed by atoms with van der Waals surface area (Å²) in [5, 5.41) is 21.1. The minimum Gasteiger partial charge on any atom is -0.458 e. The Kier molecular flexibility index (Phi) is 8.81. The fraction of sp³-hybridized carbons (Fsp3) is 0.688. The van der Waals surface area contributed by atoms with Crippen LogP contribution in [0.3, 0.4) is 0 Å². The number of aliphatic hydroxyl groups is 2. The Bertz CT molecular complexity index is 1030. The third-order valence-electron chi connectivity index (χ3n) is 10.1. The molecule has 0 radical (unpaired) electrons. The van der Waals surface area contributed by atoms with Crippen LogP contribution < -0.4 is 0 Å². The zero-order valence-corrected chi connectivity index (χ0v) is 24.2. The van der Waals surface area contributed by atoms with E-state index >= 15 is 0 Å². The lowest BCUT2D eigenvalue weighted by Crippen LogP contribution is -2.59. The van der Waals surface area contributed by atoms with E-state index in [1.807, 2.05) is 52.8 Å². The van der Waals surface area contributed by atoms with Gasteiger partial charge in [-0.05, 0) is 81.8 Å². The second kappa shape index (κ2) is 11.0. The van der Waals surface area contributed by atoms with Crippen molar-refractivity contribution in [2.75, 3.05) is 6.61 Å². The zero-order valence-electron chi connectivity index (χ0n) is 24.2. The number of ether oxygens (including phenoxy) is 1. The Morgan fingerprint density at radius 2 is 1.76 bits per heavy atom. The summed E-state index contributed by atoms with van der Waals surface area (Å²) in [6, 6.07) is 0. The average Bonchev–Trinajstić information content (AvgIpc) is 3.10. The highest BCUT2D eigenvalue weighted by Gasteiger charge is 2.65. The number of hydrogen-bond donors (Lipinski definition) is 2. The van der Waals surface area contributed by atoms with Crippen LogP contribution in [0.4, 0.5) is 0 Å². The average molecular weight is 513 g/mol. The Morgan fingerprint density at radius 3 is 2.35 bits per heavy atom. The molecule has 0 spiro atoms. The summed E-state index contributed by atoms with van der Waals surface area (Å²) < 4.78 is 5.53. The van der Waals surface area contributed by atoms with Gasteiger partial charge in [0.1, 0.15) is 6.10 Å². The number of carbonyl (C=O) groups is 2. The zero-order chi connectivity index (χ0) is 27.8. The lowest BCUT2D eigenvalue weighted by atomic mass is 9.43. The molecule has 3 rings (SSSR count). The topological polar surface area (TPSA) is 83.8 Å². The van der Waals surface area contributed by atoms with Gasteiger partial charge in [-0.15, -0.1) is 0 Å². The monoisotopic (exact) mass is 512 g/mol. The van der Waals surface area contributed by atoms with E-state index in [1.165, 1.54) is 12.5 Å². The summed E-state index contributed by atoms with van der Waals surface area (Å²) in [6.07, 6.45) is 11.7. The molecule has 3 fully saturated rings. The molecule has 3 saturated carbocycles. The largest absolute Gasteiger partial charge is 0.458 e. The summed E-state index contributed by atoms with van der Waals surface area (Å²) >= 11 is 0. The first-order valence-electron chi connectivity index (χ1n) is 13.9. The molecule has 3 aliphatic rings. The smallest absolute Gasteiger partial charge is 0.303 e. The highest BCUT2D eigenvalue weighted by atomic mass is 16.5. The van der Waals surface area contributed by atoms with E-state index in [2.05, 4.69) is 19.9 Å². The number of hydrogen-bond acceptors (Lipinski definition) is 5. The molecule has 0 bridgehead atoms. The minimum absolute atomic E-state index is 0.0239. The molecule has 0 aliphatic heterocycles. The van der Waals surface area contributed by atoms with E-state index < -0.39 is 11.5 Å². The molecular weight excluding hydrogens is 464 g/mol. The first-order valence-corrected chi connectivity index (χ1v) is 13.9. The molecule has 5 nitrogen and oxygen atoms in total. The third-order valence-corrected chi connectivity index (χ3v) is 10.1. The normalized spacial score (nSPS) is 38.2. The Morgan fingerprint density at radius 1 is 1.08 bits per heavy atom. The van der Waals surface area contributed by atoms with Crippen LogP contribution in [0.25, 0.3) is 0 Å². The predicted molar refractivity (Wildman–Crippen MR) is 148 cm³/mol. The van der Waals surface area contributed by atoms with E-state index in [9.17, 15) is 19.8 Å². The standard InChI is InChI=1S/C32H48O5/c1-20(2)12-13-25(37-23(5)34)21(3)10-9-11-22(4)29-24(35)18-27-30(6)17-15-28(36)32(8,19-33)26(30)14-16-31(27,29)7/h9-12,25-28,33,36H,13-19H2,1-8H3/b11-9?,21-10?,29-22+/t25-,26+,27-,28+,30-,31-,32+/m0/s1. The quantitative estimate of drug-likeness (QED) is 0.182. The fourth-order valence-electron chi connectivity index (χ4n) is 8.01. The van der Waals surface area contributed by atoms with Crippen molar-refractivity contribution in [3.63, 3.8) is 0 Å². The minimum atomic E-state index is -0.523. The van der Waals surface area contributed by atoms with Crippen molar-refractivity contribution in [3.8, 4) is 0 Å². The van der Waals surface area contributed by atoms with Crippen LogP contribution in [0.15, 0.2) is 46.6 Å². The fourth-order valence-corrected chi connectivity index (χ4v) is 8.01. The van der Waals surface area contributed by atoms with E-state index in [4.69, 9.17) is 4.74 Å². The van der Waals surface area contributed by atoms with Crippen molar-refractivity contribution in [1.82, 2.24) is 0 Å². The van der Waals surface area contributed by atoms with Crippen LogP contribution in [-0.2, 0) is 14.3 Å². The molecule has 7 atom stereocenters. The van der Waals surface area contributed by atoms with Gasteiger partial charge in [-0.25, -0.2) is 0 Å². The molecule has 206 valence electrons. The van der Waals surface area contributed by atoms with Gasteiger partial charge >= 0.3 is 5.97 Å². The molecule has 37 heavy (non-hydrogen) atoms. The number of rotatable bonds is 7. The van der Waals surface area contributed by atoms with Crippen LogP contribution in [-0.4, -0.2) is 40.8 Å². The van der Waals surface area contributed by atoms with Crippen LogP contribution in [0.5, 0.6) is 0 Å². The van der Waals surface area contributed by atoms with E-state index in [-0.39, 0.29) is 47.1 Å². The molecule has 0 heterocycles. The molecule has 0 unspecified atom stereocenters. The van der Waals surface area contributed by atoms with Gasteiger partial charge in [-0.3, -0.25) is 9.59 Å². The first-order chi connectivity index (χ1) is 17.2. The molecule has 0 amide bonds. The van der Waals surface area contributed by atoms with Gasteiger partial charge in [-0.2, -0.15) is 0 Å². The van der Waals surface area contributed by atoms with Crippen molar-refractivity contribution in [2.45, 2.75) is 106 Å². The Balaban J connectivity index is 1.89. The maximum absolute atomic E-state index is 13.5. The van der Waals surface area contributed by atoms with Crippen molar-refractivity contribution >= 4 is 11.8 Å². The first kappa shape index (κ1) is 29.6. The van der Waals surface area contributed by atoms with Crippen molar-refractivity contribution in [2.24, 2.45) is 28.1 Å². The number of ketones is 1.